The molecule has 2 nitrogen and oxygen atoms in total. The topological polar surface area (TPSA) is 29.5 Å². The molecule has 0 saturated heterocycles. The smallest absolute Gasteiger partial charge is 0.127 e. The highest BCUT2D eigenvalue weighted by molar-refractivity contribution is 6.35. The second-order valence-electron chi connectivity index (χ2n) is 5.10. The first-order chi connectivity index (χ1) is 9.25. The number of aliphatic hydroxyl groups is 1. The summed E-state index contributed by atoms with van der Waals surface area (Å²) in [7, 11) is 0. The fourth-order valence-corrected chi connectivity index (χ4v) is 2.94. The fourth-order valence-electron chi connectivity index (χ4n) is 2.72. The second kappa shape index (κ2) is 5.40. The summed E-state index contributed by atoms with van der Waals surface area (Å²) < 4.78 is 6.03. The van der Waals surface area contributed by atoms with Crippen molar-refractivity contribution < 1.29 is 9.84 Å². The number of hydrogen-bond donors (Lipinski definition) is 1. The molecule has 1 N–H and O–H groups in total. The molecule has 0 radical (unpaired) electrons. The highest BCUT2D eigenvalue weighted by Crippen LogP contribution is 2.33. The Balaban J connectivity index is 1.94. The van der Waals surface area contributed by atoms with Crippen molar-refractivity contribution >= 4 is 22.4 Å². The quantitative estimate of drug-likeness (QED) is 0.892. The molecule has 0 amide bonds. The maximum absolute atomic E-state index is 10.0. The van der Waals surface area contributed by atoms with Crippen molar-refractivity contribution in [1.82, 2.24) is 0 Å². The summed E-state index contributed by atoms with van der Waals surface area (Å²) in [5.41, 5.74) is 0. The minimum Gasteiger partial charge on any atom is -0.487 e. The number of aliphatic hydroxyl groups excluding tert-OH is 1. The van der Waals surface area contributed by atoms with E-state index in [0.29, 0.717) is 0 Å². The molecule has 1 aliphatic carbocycles. The molecule has 3 heteroatoms. The van der Waals surface area contributed by atoms with E-state index in [9.17, 15) is 5.11 Å². The Kier molecular flexibility index (Phi) is 3.63. The van der Waals surface area contributed by atoms with Gasteiger partial charge in [-0.1, -0.05) is 42.3 Å². The molecule has 2 aromatic carbocycles. The van der Waals surface area contributed by atoms with Crippen LogP contribution in [0.1, 0.15) is 25.7 Å². The molecule has 2 atom stereocenters. The summed E-state index contributed by atoms with van der Waals surface area (Å²) in [6, 6.07) is 11.7. The van der Waals surface area contributed by atoms with Gasteiger partial charge in [-0.3, -0.25) is 0 Å². The first-order valence-electron chi connectivity index (χ1n) is 6.77. The van der Waals surface area contributed by atoms with E-state index in [4.69, 9.17) is 16.3 Å². The van der Waals surface area contributed by atoms with Gasteiger partial charge in [0.15, 0.2) is 0 Å². The van der Waals surface area contributed by atoms with E-state index >= 15 is 0 Å². The molecule has 1 fully saturated rings. The van der Waals surface area contributed by atoms with Crippen molar-refractivity contribution in [2.75, 3.05) is 0 Å². The summed E-state index contributed by atoms with van der Waals surface area (Å²) in [5, 5.41) is 12.7. The van der Waals surface area contributed by atoms with Crippen LogP contribution in [-0.2, 0) is 0 Å². The van der Waals surface area contributed by atoms with Crippen molar-refractivity contribution in [2.45, 2.75) is 37.9 Å². The first kappa shape index (κ1) is 12.8. The Morgan fingerprint density at radius 1 is 1.00 bits per heavy atom. The Morgan fingerprint density at radius 2 is 1.74 bits per heavy atom. The molecule has 100 valence electrons. The van der Waals surface area contributed by atoms with Crippen LogP contribution in [-0.4, -0.2) is 17.3 Å². The minimum atomic E-state index is -0.358. The van der Waals surface area contributed by atoms with Crippen LogP contribution in [0.4, 0.5) is 0 Å². The van der Waals surface area contributed by atoms with Crippen LogP contribution >= 0.6 is 11.6 Å². The van der Waals surface area contributed by atoms with Gasteiger partial charge in [0.25, 0.3) is 0 Å². The van der Waals surface area contributed by atoms with Gasteiger partial charge in [0, 0.05) is 15.8 Å². The van der Waals surface area contributed by atoms with Crippen molar-refractivity contribution in [1.29, 1.82) is 0 Å². The van der Waals surface area contributed by atoms with E-state index in [1.165, 1.54) is 0 Å². The van der Waals surface area contributed by atoms with E-state index < -0.39 is 0 Å². The minimum absolute atomic E-state index is 0.0988. The Bertz CT molecular complexity index is 582. The normalized spacial score (nSPS) is 23.5. The van der Waals surface area contributed by atoms with Gasteiger partial charge >= 0.3 is 0 Å². The van der Waals surface area contributed by atoms with Crippen molar-refractivity contribution in [3.63, 3.8) is 0 Å². The standard InChI is InChI=1S/C16H17ClO2/c17-13-9-10-15(12-6-2-1-5-11(12)13)19-16-8-4-3-7-14(16)18/h1-2,5-6,9-10,14,16,18H,3-4,7-8H2/t14-,16-/m0/s1. The van der Waals surface area contributed by atoms with Crippen LogP contribution in [0.2, 0.25) is 5.02 Å². The Morgan fingerprint density at radius 3 is 2.53 bits per heavy atom. The highest BCUT2D eigenvalue weighted by Gasteiger charge is 2.25. The van der Waals surface area contributed by atoms with Gasteiger partial charge in [0.2, 0.25) is 0 Å². The molecule has 19 heavy (non-hydrogen) atoms. The predicted molar refractivity (Wildman–Crippen MR) is 77.8 cm³/mol. The summed E-state index contributed by atoms with van der Waals surface area (Å²) in [4.78, 5) is 0. The number of rotatable bonds is 2. The molecule has 0 heterocycles. The maximum atomic E-state index is 10.0. The number of benzene rings is 2. The fraction of sp³-hybridized carbons (Fsp3) is 0.375. The van der Waals surface area contributed by atoms with Crippen molar-refractivity contribution in [3.05, 3.63) is 41.4 Å². The lowest BCUT2D eigenvalue weighted by Gasteiger charge is -2.28. The third kappa shape index (κ3) is 2.56. The molecule has 0 bridgehead atoms. The summed E-state index contributed by atoms with van der Waals surface area (Å²) in [5.74, 6) is 0.811. The van der Waals surface area contributed by atoms with Crippen LogP contribution in [0.5, 0.6) is 5.75 Å². The molecule has 0 unspecified atom stereocenters. The molecule has 2 aromatic rings. The molecular formula is C16H17ClO2. The summed E-state index contributed by atoms with van der Waals surface area (Å²) >= 11 is 6.20. The summed E-state index contributed by atoms with van der Waals surface area (Å²) in [6.07, 6.45) is 3.49. The lowest BCUT2D eigenvalue weighted by molar-refractivity contribution is 0.00768. The van der Waals surface area contributed by atoms with Crippen LogP contribution < -0.4 is 4.74 Å². The molecule has 1 saturated carbocycles. The first-order valence-corrected chi connectivity index (χ1v) is 7.15. The van der Waals surface area contributed by atoms with Crippen LogP contribution in [0.3, 0.4) is 0 Å². The average Bonchev–Trinajstić information content (AvgIpc) is 2.44. The van der Waals surface area contributed by atoms with Crippen LogP contribution in [0, 0.1) is 0 Å². The van der Waals surface area contributed by atoms with Crippen molar-refractivity contribution in [2.24, 2.45) is 0 Å². The number of fused-ring (bicyclic) bond motifs is 1. The Labute approximate surface area is 118 Å². The van der Waals surface area contributed by atoms with Gasteiger partial charge < -0.3 is 9.84 Å². The van der Waals surface area contributed by atoms with Gasteiger partial charge in [-0.05, 0) is 31.4 Å². The predicted octanol–water partition coefficient (Wildman–Crippen LogP) is 4.18. The monoisotopic (exact) mass is 276 g/mol. The van der Waals surface area contributed by atoms with E-state index in [2.05, 4.69) is 0 Å². The van der Waals surface area contributed by atoms with Crippen LogP contribution in [0.15, 0.2) is 36.4 Å². The number of hydrogen-bond acceptors (Lipinski definition) is 2. The zero-order valence-electron chi connectivity index (χ0n) is 10.7. The zero-order valence-corrected chi connectivity index (χ0v) is 11.4. The SMILES string of the molecule is O[C@H]1CCCC[C@@H]1Oc1ccc(Cl)c2ccccc12. The molecular weight excluding hydrogens is 260 g/mol. The number of halogens is 1. The lowest BCUT2D eigenvalue weighted by atomic mass is 9.95. The molecule has 1 aliphatic rings. The van der Waals surface area contributed by atoms with E-state index in [-0.39, 0.29) is 12.2 Å². The molecule has 0 spiro atoms. The molecule has 0 aromatic heterocycles. The molecule has 0 aliphatic heterocycles. The zero-order chi connectivity index (χ0) is 13.2. The third-order valence-corrected chi connectivity index (χ3v) is 4.11. The van der Waals surface area contributed by atoms with E-state index in [1.54, 1.807) is 0 Å². The molecule has 3 rings (SSSR count). The number of ether oxygens (including phenoxy) is 1. The Hall–Kier alpha value is -1.25. The van der Waals surface area contributed by atoms with E-state index in [0.717, 1.165) is 47.2 Å². The summed E-state index contributed by atoms with van der Waals surface area (Å²) in [6.45, 7) is 0. The van der Waals surface area contributed by atoms with Gasteiger partial charge in [-0.15, -0.1) is 0 Å². The van der Waals surface area contributed by atoms with Crippen molar-refractivity contribution in [3.8, 4) is 5.75 Å². The van der Waals surface area contributed by atoms with Crippen LogP contribution in [0.25, 0.3) is 10.8 Å². The van der Waals surface area contributed by atoms with E-state index in [1.807, 2.05) is 36.4 Å². The average molecular weight is 277 g/mol. The lowest BCUT2D eigenvalue weighted by Crippen LogP contribution is -2.34. The van der Waals surface area contributed by atoms with Gasteiger partial charge in [-0.25, -0.2) is 0 Å². The highest BCUT2D eigenvalue weighted by atomic mass is 35.5. The maximum Gasteiger partial charge on any atom is 0.127 e. The van der Waals surface area contributed by atoms with Gasteiger partial charge in [-0.2, -0.15) is 0 Å². The van der Waals surface area contributed by atoms with Gasteiger partial charge in [0.05, 0.1) is 6.10 Å². The second-order valence-corrected chi connectivity index (χ2v) is 5.51. The third-order valence-electron chi connectivity index (χ3n) is 3.78. The van der Waals surface area contributed by atoms with Gasteiger partial charge in [0.1, 0.15) is 11.9 Å². The largest absolute Gasteiger partial charge is 0.487 e.